The van der Waals surface area contributed by atoms with E-state index in [-0.39, 0.29) is 54.1 Å². The fourth-order valence-electron chi connectivity index (χ4n) is 4.92. The maximum atomic E-state index is 15.3. The molecule has 2 amide bonds. The predicted octanol–water partition coefficient (Wildman–Crippen LogP) is 0.987. The van der Waals surface area contributed by atoms with Gasteiger partial charge in [0.05, 0.1) is 45.5 Å². The molecular formula is C25H24F2N7O3Si. The molecule has 1 aromatic carbocycles. The Hall–Kier alpha value is -4.02. The number of likely N-dealkylation sites (tertiary alicyclic amines) is 1. The lowest BCUT2D eigenvalue weighted by Crippen LogP contribution is -2.41. The normalized spacial score (nSPS) is 20.9. The number of rotatable bonds is 6. The molecule has 4 N–H and O–H groups in total. The number of nitrogens with one attached hydrogen (secondary N) is 1. The summed E-state index contributed by atoms with van der Waals surface area (Å²) in [6.07, 6.45) is 4.71. The van der Waals surface area contributed by atoms with Crippen LogP contribution in [0.1, 0.15) is 46.9 Å². The number of amides is 2. The van der Waals surface area contributed by atoms with Crippen molar-refractivity contribution in [2.24, 2.45) is 5.73 Å². The molecule has 0 bridgehead atoms. The standard InChI is InChI=1S/C25H24F2N7O3Si/c1-3-19(36)32-11-25(38,9-14(32)10-35)34-24(29-2)20(23(28)37)17(31-34)7-6-15-16(26)8-18-22(21(15)27)30-12-33(18)13-4-5-13/h3,8,12-14,29,35H,1,4-5,9-11H2,2H3,(H2,28,37)/t14-,25-/m1/s1. The number of aliphatic hydroxyl groups is 1. The number of nitrogens with zero attached hydrogens (tertiary/aromatic N) is 5. The van der Waals surface area contributed by atoms with Crippen molar-refractivity contribution in [3.05, 3.63) is 53.5 Å². The number of imidazole rings is 1. The Morgan fingerprint density at radius 3 is 2.74 bits per heavy atom. The molecule has 38 heavy (non-hydrogen) atoms. The molecule has 13 heteroatoms. The van der Waals surface area contributed by atoms with Gasteiger partial charge in [-0.1, -0.05) is 12.5 Å². The number of anilines is 1. The summed E-state index contributed by atoms with van der Waals surface area (Å²) in [5, 5.41) is 16.1. The van der Waals surface area contributed by atoms with Crippen molar-refractivity contribution in [3.8, 4) is 11.8 Å². The smallest absolute Gasteiger partial charge is 0.255 e. The van der Waals surface area contributed by atoms with Crippen LogP contribution in [0.3, 0.4) is 0 Å². The number of carbonyl (C=O) groups excluding carboxylic acids is 2. The lowest BCUT2D eigenvalue weighted by Gasteiger charge is -2.27. The molecular weight excluding hydrogens is 512 g/mol. The SMILES string of the molecule is C=CC(=O)N1C[C@@]([Si])(n2nc(C#Cc3c(F)cc4c(ncn4C4CC4)c3F)c(C(N)=O)c2NC)C[C@@H]1CO. The minimum absolute atomic E-state index is 0.00579. The van der Waals surface area contributed by atoms with Crippen molar-refractivity contribution in [2.75, 3.05) is 25.5 Å². The van der Waals surface area contributed by atoms with E-state index < -0.39 is 34.3 Å². The highest BCUT2D eigenvalue weighted by atomic mass is 28.1. The topological polar surface area (TPSA) is 131 Å². The Bertz CT molecular complexity index is 1550. The molecule has 2 aromatic heterocycles. The summed E-state index contributed by atoms with van der Waals surface area (Å²) in [5.74, 6) is 2.23. The number of fused-ring (bicyclic) bond motifs is 1. The molecule has 5 rings (SSSR count). The first kappa shape index (κ1) is 25.6. The Labute approximate surface area is 219 Å². The van der Waals surface area contributed by atoms with Gasteiger partial charge in [0.1, 0.15) is 22.7 Å². The first-order valence-corrected chi connectivity index (χ1v) is 12.4. The molecule has 1 saturated carbocycles. The number of hydrogen-bond acceptors (Lipinski definition) is 6. The van der Waals surface area contributed by atoms with Crippen molar-refractivity contribution >= 4 is 38.9 Å². The zero-order chi connectivity index (χ0) is 27.4. The molecule has 0 unspecified atom stereocenters. The molecule has 1 aliphatic heterocycles. The van der Waals surface area contributed by atoms with E-state index in [9.17, 15) is 19.1 Å². The Balaban J connectivity index is 1.59. The van der Waals surface area contributed by atoms with Crippen molar-refractivity contribution < 1.29 is 23.5 Å². The van der Waals surface area contributed by atoms with Crippen molar-refractivity contribution in [1.29, 1.82) is 0 Å². The van der Waals surface area contributed by atoms with Gasteiger partial charge in [0.15, 0.2) is 11.5 Å². The average Bonchev–Trinajstić information content (AvgIpc) is 3.37. The number of aliphatic hydroxyl groups excluding tert-OH is 1. The van der Waals surface area contributed by atoms with E-state index in [1.165, 1.54) is 22.0 Å². The summed E-state index contributed by atoms with van der Waals surface area (Å²) < 4.78 is 33.4. The zero-order valence-corrected chi connectivity index (χ0v) is 21.5. The van der Waals surface area contributed by atoms with Crippen LogP contribution in [0.4, 0.5) is 14.6 Å². The summed E-state index contributed by atoms with van der Waals surface area (Å²) >= 11 is 0. The zero-order valence-electron chi connectivity index (χ0n) is 20.5. The van der Waals surface area contributed by atoms with E-state index in [0.29, 0.717) is 5.52 Å². The first-order valence-electron chi connectivity index (χ1n) is 11.9. The molecule has 10 nitrogen and oxygen atoms in total. The van der Waals surface area contributed by atoms with E-state index in [0.717, 1.165) is 18.9 Å². The molecule has 1 saturated heterocycles. The highest BCUT2D eigenvalue weighted by Gasteiger charge is 2.46. The monoisotopic (exact) mass is 536 g/mol. The summed E-state index contributed by atoms with van der Waals surface area (Å²) in [4.78, 5) is 30.3. The van der Waals surface area contributed by atoms with Gasteiger partial charge in [-0.2, -0.15) is 5.10 Å². The number of primary amides is 1. The minimum atomic E-state index is -1.06. The second-order valence-corrected chi connectivity index (χ2v) is 10.3. The molecule has 2 fully saturated rings. The van der Waals surface area contributed by atoms with Crippen LogP contribution in [-0.2, 0) is 9.96 Å². The molecule has 3 aromatic rings. The van der Waals surface area contributed by atoms with Crippen molar-refractivity contribution in [1.82, 2.24) is 24.2 Å². The molecule has 195 valence electrons. The van der Waals surface area contributed by atoms with E-state index in [1.807, 2.05) is 0 Å². The number of nitrogens with two attached hydrogens (primary N) is 1. The van der Waals surface area contributed by atoms with E-state index in [2.05, 4.69) is 44.1 Å². The first-order chi connectivity index (χ1) is 18.1. The maximum absolute atomic E-state index is 15.3. The summed E-state index contributed by atoms with van der Waals surface area (Å²) in [7, 11) is 5.23. The number of halogens is 2. The van der Waals surface area contributed by atoms with E-state index in [4.69, 9.17) is 5.73 Å². The third kappa shape index (κ3) is 4.06. The summed E-state index contributed by atoms with van der Waals surface area (Å²) in [5.41, 5.74) is 5.29. The molecule has 0 spiro atoms. The Morgan fingerprint density at radius 2 is 2.13 bits per heavy atom. The lowest BCUT2D eigenvalue weighted by molar-refractivity contribution is -0.127. The molecule has 1 aliphatic carbocycles. The van der Waals surface area contributed by atoms with Gasteiger partial charge in [-0.05, 0) is 31.3 Å². The van der Waals surface area contributed by atoms with Crippen molar-refractivity contribution in [2.45, 2.75) is 36.5 Å². The van der Waals surface area contributed by atoms with Gasteiger partial charge in [-0.15, -0.1) is 0 Å². The van der Waals surface area contributed by atoms with Crippen LogP contribution in [0.5, 0.6) is 0 Å². The highest BCUT2D eigenvalue weighted by Crippen LogP contribution is 2.38. The fraction of sp³-hybridized carbons (Fsp3) is 0.360. The second kappa shape index (κ2) is 9.37. The third-order valence-electron chi connectivity index (χ3n) is 6.90. The molecule has 3 radical (unpaired) electrons. The molecule has 2 aliphatic rings. The second-order valence-electron chi connectivity index (χ2n) is 9.39. The number of aromatic nitrogens is 4. The van der Waals surface area contributed by atoms with Gasteiger partial charge in [-0.25, -0.2) is 18.4 Å². The molecule has 2 atom stereocenters. The van der Waals surface area contributed by atoms with Gasteiger partial charge >= 0.3 is 0 Å². The van der Waals surface area contributed by atoms with Gasteiger partial charge in [0.25, 0.3) is 5.91 Å². The minimum Gasteiger partial charge on any atom is -0.394 e. The fourth-order valence-corrected chi connectivity index (χ4v) is 5.49. The molecule has 3 heterocycles. The highest BCUT2D eigenvalue weighted by molar-refractivity contribution is 6.15. The summed E-state index contributed by atoms with van der Waals surface area (Å²) in [6, 6.07) is 0.837. The number of carbonyl (C=O) groups is 2. The van der Waals surface area contributed by atoms with Crippen LogP contribution in [0.2, 0.25) is 0 Å². The van der Waals surface area contributed by atoms with Crippen LogP contribution in [0.25, 0.3) is 11.0 Å². The predicted molar refractivity (Wildman–Crippen MR) is 135 cm³/mol. The van der Waals surface area contributed by atoms with Crippen LogP contribution < -0.4 is 11.1 Å². The lowest BCUT2D eigenvalue weighted by atomic mass is 10.1. The Kier molecular flexibility index (Phi) is 6.32. The van der Waals surface area contributed by atoms with Crippen LogP contribution >= 0.6 is 0 Å². The van der Waals surface area contributed by atoms with E-state index in [1.54, 1.807) is 11.6 Å². The van der Waals surface area contributed by atoms with Crippen LogP contribution in [0.15, 0.2) is 25.0 Å². The average molecular weight is 537 g/mol. The van der Waals surface area contributed by atoms with E-state index >= 15 is 4.39 Å². The van der Waals surface area contributed by atoms with Gasteiger partial charge < -0.3 is 25.6 Å². The van der Waals surface area contributed by atoms with Crippen LogP contribution in [0, 0.1) is 23.5 Å². The number of benzene rings is 1. The number of hydrogen-bond donors (Lipinski definition) is 3. The largest absolute Gasteiger partial charge is 0.394 e. The summed E-state index contributed by atoms with van der Waals surface area (Å²) in [6.45, 7) is 3.26. The van der Waals surface area contributed by atoms with Gasteiger partial charge in [-0.3, -0.25) is 9.59 Å². The van der Waals surface area contributed by atoms with Gasteiger partial charge in [0, 0.05) is 25.7 Å². The maximum Gasteiger partial charge on any atom is 0.255 e. The Morgan fingerprint density at radius 1 is 1.39 bits per heavy atom. The van der Waals surface area contributed by atoms with Crippen molar-refractivity contribution in [3.63, 3.8) is 0 Å². The van der Waals surface area contributed by atoms with Gasteiger partial charge in [0.2, 0.25) is 5.91 Å². The third-order valence-corrected chi connectivity index (χ3v) is 7.47. The van der Waals surface area contributed by atoms with Crippen LogP contribution in [-0.4, -0.2) is 77.6 Å². The quantitative estimate of drug-likeness (QED) is 0.245.